The summed E-state index contributed by atoms with van der Waals surface area (Å²) < 4.78 is 19.2. The fourth-order valence-corrected chi connectivity index (χ4v) is 3.36. The van der Waals surface area contributed by atoms with Crippen LogP contribution in [0, 0.1) is 5.82 Å². The number of aromatic nitrogens is 2. The molecule has 8 heteroatoms. The lowest BCUT2D eigenvalue weighted by Crippen LogP contribution is -2.01. The van der Waals surface area contributed by atoms with Crippen molar-refractivity contribution >= 4 is 45.6 Å². The number of furan rings is 1. The Kier molecular flexibility index (Phi) is 5.37. The second kappa shape index (κ2) is 8.12. The molecule has 30 heavy (non-hydrogen) atoms. The van der Waals surface area contributed by atoms with Crippen LogP contribution in [0.15, 0.2) is 53.2 Å². The molecule has 0 aliphatic heterocycles. The minimum absolute atomic E-state index is 0.00483. The van der Waals surface area contributed by atoms with Gasteiger partial charge in [0.1, 0.15) is 22.9 Å². The van der Waals surface area contributed by atoms with Gasteiger partial charge >= 0.3 is 0 Å². The van der Waals surface area contributed by atoms with Crippen molar-refractivity contribution in [1.29, 1.82) is 0 Å². The van der Waals surface area contributed by atoms with Gasteiger partial charge in [0, 0.05) is 30.1 Å². The molecule has 0 aliphatic carbocycles. The van der Waals surface area contributed by atoms with Crippen LogP contribution in [-0.4, -0.2) is 15.8 Å². The first kappa shape index (κ1) is 19.8. The zero-order valence-electron chi connectivity index (χ0n) is 16.1. The molecule has 0 amide bonds. The maximum absolute atomic E-state index is 13.4. The van der Waals surface area contributed by atoms with Gasteiger partial charge in [-0.3, -0.25) is 14.8 Å². The van der Waals surface area contributed by atoms with E-state index in [1.54, 1.807) is 36.7 Å². The molecule has 3 heterocycles. The number of carbonyl (C=O) groups is 1. The number of nitrogens with zero attached hydrogens (tertiary/aromatic N) is 2. The van der Waals surface area contributed by atoms with Crippen LogP contribution in [0.4, 0.5) is 21.6 Å². The van der Waals surface area contributed by atoms with Crippen molar-refractivity contribution in [2.24, 2.45) is 0 Å². The number of nitrogens with two attached hydrogens (primary N) is 1. The Morgan fingerprint density at radius 3 is 2.77 bits per heavy atom. The van der Waals surface area contributed by atoms with Gasteiger partial charge in [-0.15, -0.1) is 0 Å². The molecule has 0 atom stereocenters. The van der Waals surface area contributed by atoms with Crippen LogP contribution in [0.5, 0.6) is 0 Å². The lowest BCUT2D eigenvalue weighted by Gasteiger charge is -2.07. The lowest BCUT2D eigenvalue weighted by molar-refractivity contribution is 0.0977. The van der Waals surface area contributed by atoms with Gasteiger partial charge in [-0.2, -0.15) is 0 Å². The number of halogens is 2. The van der Waals surface area contributed by atoms with Crippen LogP contribution in [0.25, 0.3) is 22.2 Å². The van der Waals surface area contributed by atoms with Crippen molar-refractivity contribution in [3.63, 3.8) is 0 Å². The number of hydrogen-bond donors (Lipinski definition) is 2. The van der Waals surface area contributed by atoms with Crippen LogP contribution < -0.4 is 11.1 Å². The molecule has 6 nitrogen and oxygen atoms in total. The van der Waals surface area contributed by atoms with E-state index in [4.69, 9.17) is 21.8 Å². The van der Waals surface area contributed by atoms with Crippen LogP contribution in [0.3, 0.4) is 0 Å². The number of anilines is 3. The maximum atomic E-state index is 13.4. The summed E-state index contributed by atoms with van der Waals surface area (Å²) in [5.41, 5.74) is 9.26. The van der Waals surface area contributed by atoms with E-state index in [2.05, 4.69) is 15.3 Å². The summed E-state index contributed by atoms with van der Waals surface area (Å²) in [6, 6.07) is 9.50. The summed E-state index contributed by atoms with van der Waals surface area (Å²) in [6.45, 7) is 1.94. The van der Waals surface area contributed by atoms with Gasteiger partial charge in [0.2, 0.25) is 5.88 Å². The van der Waals surface area contributed by atoms with E-state index in [1.165, 1.54) is 12.1 Å². The number of benzene rings is 1. The summed E-state index contributed by atoms with van der Waals surface area (Å²) in [5, 5.41) is 3.81. The van der Waals surface area contributed by atoms with E-state index in [1.807, 2.05) is 6.92 Å². The van der Waals surface area contributed by atoms with Crippen molar-refractivity contribution in [3.05, 3.63) is 65.3 Å². The molecule has 0 spiro atoms. The maximum Gasteiger partial charge on any atom is 0.215 e. The molecule has 3 aromatic heterocycles. The number of pyridine rings is 2. The van der Waals surface area contributed by atoms with Crippen molar-refractivity contribution < 1.29 is 13.6 Å². The molecule has 0 aliphatic rings. The molecule has 0 unspecified atom stereocenters. The molecule has 4 rings (SSSR count). The summed E-state index contributed by atoms with van der Waals surface area (Å²) in [5.74, 6) is -0.387. The zero-order chi connectivity index (χ0) is 21.3. The number of rotatable bonds is 6. The smallest absolute Gasteiger partial charge is 0.215 e. The van der Waals surface area contributed by atoms with E-state index in [0.717, 1.165) is 6.42 Å². The van der Waals surface area contributed by atoms with Gasteiger partial charge < -0.3 is 15.5 Å². The number of nitrogens with one attached hydrogen (secondary N) is 1. The van der Waals surface area contributed by atoms with Crippen LogP contribution in [0.2, 0.25) is 5.02 Å². The lowest BCUT2D eigenvalue weighted by atomic mass is 10.1. The molecular formula is C22H18ClFN4O2. The minimum atomic E-state index is -0.509. The Hall–Kier alpha value is -3.45. The average molecular weight is 425 g/mol. The third-order valence-electron chi connectivity index (χ3n) is 4.62. The highest BCUT2D eigenvalue weighted by atomic mass is 35.5. The third kappa shape index (κ3) is 3.71. The second-order valence-electron chi connectivity index (χ2n) is 6.73. The fourth-order valence-electron chi connectivity index (χ4n) is 3.18. The first-order valence-corrected chi connectivity index (χ1v) is 9.74. The largest absolute Gasteiger partial charge is 0.436 e. The number of fused-ring (bicyclic) bond motifs is 1. The fraction of sp³-hybridized carbons (Fsp3) is 0.136. The van der Waals surface area contributed by atoms with Gasteiger partial charge in [-0.1, -0.05) is 18.5 Å². The van der Waals surface area contributed by atoms with Crippen molar-refractivity contribution in [2.75, 3.05) is 11.1 Å². The highest BCUT2D eigenvalue weighted by Crippen LogP contribution is 2.39. The third-order valence-corrected chi connectivity index (χ3v) is 4.91. The van der Waals surface area contributed by atoms with Crippen molar-refractivity contribution in [1.82, 2.24) is 9.97 Å². The molecule has 0 bridgehead atoms. The molecule has 3 N–H and O–H groups in total. The molecule has 152 valence electrons. The van der Waals surface area contributed by atoms with E-state index < -0.39 is 5.82 Å². The van der Waals surface area contributed by atoms with Crippen LogP contribution in [-0.2, 0) is 0 Å². The first-order valence-electron chi connectivity index (χ1n) is 9.36. The molecule has 4 aromatic rings. The molecule has 0 radical (unpaired) electrons. The average Bonchev–Trinajstić information content (AvgIpc) is 3.06. The molecule has 0 saturated heterocycles. The zero-order valence-corrected chi connectivity index (χ0v) is 16.8. The molecule has 1 aromatic carbocycles. The molecule has 0 saturated carbocycles. The quantitative estimate of drug-likeness (QED) is 0.369. The summed E-state index contributed by atoms with van der Waals surface area (Å²) in [7, 11) is 0. The van der Waals surface area contributed by atoms with E-state index in [0.29, 0.717) is 45.7 Å². The van der Waals surface area contributed by atoms with Gasteiger partial charge in [0.05, 0.1) is 10.4 Å². The van der Waals surface area contributed by atoms with Crippen molar-refractivity contribution in [3.8, 4) is 11.3 Å². The van der Waals surface area contributed by atoms with Crippen molar-refractivity contribution in [2.45, 2.75) is 19.8 Å². The number of Topliss-reactive ketones (excluding diaryl/α,β-unsaturated/α-hetero) is 1. The Bertz CT molecular complexity index is 1260. The highest BCUT2D eigenvalue weighted by molar-refractivity contribution is 6.31. The first-order chi connectivity index (χ1) is 14.5. The van der Waals surface area contributed by atoms with E-state index in [-0.39, 0.29) is 16.7 Å². The monoisotopic (exact) mass is 424 g/mol. The Balaban J connectivity index is 1.77. The van der Waals surface area contributed by atoms with Gasteiger partial charge in [-0.25, -0.2) is 4.39 Å². The normalized spacial score (nSPS) is 11.0. The summed E-state index contributed by atoms with van der Waals surface area (Å²) >= 11 is 5.87. The number of ketones is 1. The van der Waals surface area contributed by atoms with Crippen LogP contribution >= 0.6 is 11.6 Å². The molecular weight excluding hydrogens is 407 g/mol. The summed E-state index contributed by atoms with van der Waals surface area (Å²) in [4.78, 5) is 20.8. The number of hydrogen-bond acceptors (Lipinski definition) is 6. The second-order valence-corrected chi connectivity index (χ2v) is 7.14. The minimum Gasteiger partial charge on any atom is -0.436 e. The molecule has 0 fully saturated rings. The topological polar surface area (TPSA) is 94.0 Å². The standard InChI is InChI=1S/C22H18ClFN4O2/c1-2-3-18(29)17-10-12(6-8-26-17)19-21-14(7-9-27-19)20(22(25)30-21)28-13-4-5-16(24)15(23)11-13/h4-11,28H,2-3,25H2,1H3. The summed E-state index contributed by atoms with van der Waals surface area (Å²) in [6.07, 6.45) is 4.37. The Morgan fingerprint density at radius 2 is 2.00 bits per heavy atom. The van der Waals surface area contributed by atoms with E-state index >= 15 is 0 Å². The Labute approximate surface area is 176 Å². The van der Waals surface area contributed by atoms with Gasteiger partial charge in [0.25, 0.3) is 0 Å². The predicted molar refractivity (Wildman–Crippen MR) is 116 cm³/mol. The SMILES string of the molecule is CCCC(=O)c1cc(-c2nccc3c(Nc4ccc(F)c(Cl)c4)c(N)oc23)ccn1. The Morgan fingerprint density at radius 1 is 1.20 bits per heavy atom. The predicted octanol–water partition coefficient (Wildman–Crippen LogP) is 5.99. The van der Waals surface area contributed by atoms with Gasteiger partial charge in [0.15, 0.2) is 11.4 Å². The van der Waals surface area contributed by atoms with E-state index in [9.17, 15) is 9.18 Å². The highest BCUT2D eigenvalue weighted by Gasteiger charge is 2.18. The van der Waals surface area contributed by atoms with Gasteiger partial charge in [-0.05, 0) is 42.8 Å². The number of carbonyl (C=O) groups excluding carboxylic acids is 1. The van der Waals surface area contributed by atoms with Crippen LogP contribution in [0.1, 0.15) is 30.3 Å². The number of nitrogen functional groups attached to an aromatic ring is 1.